The van der Waals surface area contributed by atoms with Gasteiger partial charge in [-0.25, -0.2) is 4.42 Å². The monoisotopic (exact) mass is 237 g/mol. The molecule has 0 spiro atoms. The minimum Gasteiger partial charge on any atom is -0.223 e. The van der Waals surface area contributed by atoms with Crippen molar-refractivity contribution in [3.05, 3.63) is 0 Å². The Hall–Kier alpha value is 0.680. The van der Waals surface area contributed by atoms with Gasteiger partial charge in [0.2, 0.25) is 0 Å². The van der Waals surface area contributed by atoms with Gasteiger partial charge in [-0.05, 0) is 28.3 Å². The van der Waals surface area contributed by atoms with Gasteiger partial charge in [-0.2, -0.15) is 0 Å². The van der Waals surface area contributed by atoms with E-state index in [1.165, 1.54) is 6.16 Å². The number of hydrogen-bond donors (Lipinski definition) is 0. The summed E-state index contributed by atoms with van der Waals surface area (Å²) in [6.45, 7) is 15.1. The van der Waals surface area contributed by atoms with E-state index in [4.69, 9.17) is 11.8 Å². The van der Waals surface area contributed by atoms with Gasteiger partial charge < -0.3 is 0 Å². The second-order valence-corrected chi connectivity index (χ2v) is 10.4. The zero-order chi connectivity index (χ0) is 11.6. The third-order valence-electron chi connectivity index (χ3n) is 2.25. The van der Waals surface area contributed by atoms with E-state index in [1.54, 1.807) is 4.42 Å². The van der Waals surface area contributed by atoms with Crippen molar-refractivity contribution in [1.82, 2.24) is 4.42 Å². The number of hydrogen-bond acceptors (Lipinski definition) is 1. The molecule has 0 radical (unpaired) electrons. The molecule has 0 aliphatic heterocycles. The van der Waals surface area contributed by atoms with Crippen LogP contribution in [0.25, 0.3) is 0 Å². The maximum absolute atomic E-state index is 5.87. The van der Waals surface area contributed by atoms with Crippen LogP contribution in [-0.2, 0) is 0 Å². The summed E-state index contributed by atoms with van der Waals surface area (Å²) < 4.78 is 1.77. The van der Waals surface area contributed by atoms with Crippen molar-refractivity contribution < 1.29 is 0 Å². The normalized spacial score (nSPS) is 14.1. The highest BCUT2D eigenvalue weighted by Crippen LogP contribution is 2.58. The Bertz CT molecular complexity index is 153. The van der Waals surface area contributed by atoms with Crippen molar-refractivity contribution in [2.45, 2.75) is 51.9 Å². The van der Waals surface area contributed by atoms with Crippen molar-refractivity contribution in [1.29, 1.82) is 0 Å². The third-order valence-corrected chi connectivity index (χ3v) is 6.31. The van der Waals surface area contributed by atoms with Crippen molar-refractivity contribution in [2.24, 2.45) is 0 Å². The fourth-order valence-electron chi connectivity index (χ4n) is 1.91. The van der Waals surface area contributed by atoms with E-state index >= 15 is 0 Å². The molecule has 0 aliphatic rings. The second-order valence-electron chi connectivity index (χ2n) is 5.82. The first-order valence-electron chi connectivity index (χ1n) is 5.20. The predicted octanol–water partition coefficient (Wildman–Crippen LogP) is 4.15. The van der Waals surface area contributed by atoms with E-state index in [2.05, 4.69) is 41.5 Å². The first kappa shape index (κ1) is 14.7. The molecular formula is C11H25ClNP. The Labute approximate surface area is 96.1 Å². The highest BCUT2D eigenvalue weighted by atomic mass is 35.5. The molecule has 0 aromatic carbocycles. The molecule has 0 bridgehead atoms. The largest absolute Gasteiger partial charge is 0.223 e. The van der Waals surface area contributed by atoms with Crippen LogP contribution in [0.4, 0.5) is 0 Å². The lowest BCUT2D eigenvalue weighted by molar-refractivity contribution is 0.578. The van der Waals surface area contributed by atoms with Crippen molar-refractivity contribution in [2.75, 3.05) is 19.8 Å². The average Bonchev–Trinajstić information content (AvgIpc) is 1.78. The van der Waals surface area contributed by atoms with Crippen molar-refractivity contribution in [3.63, 3.8) is 0 Å². The minimum absolute atomic E-state index is 0.00137. The third kappa shape index (κ3) is 5.53. The molecule has 1 nitrogen and oxygen atoms in total. The Balaban J connectivity index is 4.44. The Morgan fingerprint density at radius 1 is 1.00 bits per heavy atom. The molecule has 0 heterocycles. The fourth-order valence-corrected chi connectivity index (χ4v) is 5.97. The lowest BCUT2D eigenvalue weighted by Crippen LogP contribution is -2.29. The van der Waals surface area contributed by atoms with Gasteiger partial charge in [0.05, 0.1) is 0 Å². The smallest absolute Gasteiger partial charge is 0.0175 e. The molecule has 0 aromatic rings. The van der Waals surface area contributed by atoms with Gasteiger partial charge in [0.25, 0.3) is 0 Å². The van der Waals surface area contributed by atoms with Gasteiger partial charge in [0, 0.05) is 13.6 Å². The van der Waals surface area contributed by atoms with Gasteiger partial charge >= 0.3 is 0 Å². The molecule has 0 saturated heterocycles. The Morgan fingerprint density at radius 3 is 1.57 bits per heavy atom. The molecule has 0 aromatic heterocycles. The quantitative estimate of drug-likeness (QED) is 0.527. The van der Waals surface area contributed by atoms with E-state index in [0.717, 1.165) is 6.54 Å². The first-order valence-corrected chi connectivity index (χ1v) is 7.06. The average molecular weight is 238 g/mol. The van der Waals surface area contributed by atoms with Crippen molar-refractivity contribution in [3.8, 4) is 0 Å². The van der Waals surface area contributed by atoms with E-state index in [1.807, 2.05) is 7.05 Å². The Kier molecular flexibility index (Phi) is 5.39. The molecule has 3 heteroatoms. The first-order chi connectivity index (χ1) is 6.05. The molecule has 0 unspecified atom stereocenters. The zero-order valence-electron chi connectivity index (χ0n) is 10.7. The number of nitrogens with zero attached hydrogens (tertiary/aromatic N) is 1. The van der Waals surface area contributed by atoms with Crippen LogP contribution in [0.2, 0.25) is 0 Å². The molecule has 14 heavy (non-hydrogen) atoms. The molecule has 0 aliphatic carbocycles. The lowest BCUT2D eigenvalue weighted by atomic mass is 10.2. The highest BCUT2D eigenvalue weighted by molar-refractivity contribution is 7.60. The topological polar surface area (TPSA) is 3.24 Å². The maximum Gasteiger partial charge on any atom is 0.0175 e. The predicted molar refractivity (Wildman–Crippen MR) is 69.8 cm³/mol. The molecule has 0 saturated carbocycles. The summed E-state index contributed by atoms with van der Waals surface area (Å²) in [5, 5.41) is 0.834. The lowest BCUT2D eigenvalue weighted by Gasteiger charge is -2.42. The van der Waals surface area contributed by atoms with Gasteiger partial charge in [-0.3, -0.25) is 0 Å². The standard InChI is InChI=1S/C11H25ClNP/c1-10(2,3)14(11(4,5)6)9-8-13(7)12/h8-9H2,1-7H3. The van der Waals surface area contributed by atoms with Crippen LogP contribution in [0, 0.1) is 0 Å². The summed E-state index contributed by atoms with van der Waals surface area (Å²) in [5.74, 6) is 0. The van der Waals surface area contributed by atoms with Crippen LogP contribution in [0.15, 0.2) is 0 Å². The van der Waals surface area contributed by atoms with Crippen LogP contribution in [0.3, 0.4) is 0 Å². The zero-order valence-corrected chi connectivity index (χ0v) is 12.3. The van der Waals surface area contributed by atoms with E-state index in [-0.39, 0.29) is 7.92 Å². The van der Waals surface area contributed by atoms with Crippen LogP contribution >= 0.6 is 19.7 Å². The molecule has 0 N–H and O–H groups in total. The summed E-state index contributed by atoms with van der Waals surface area (Å²) in [7, 11) is 1.93. The van der Waals surface area contributed by atoms with Gasteiger partial charge in [0.1, 0.15) is 0 Å². The SMILES string of the molecule is CN(Cl)CCP(C(C)(C)C)C(C)(C)C. The van der Waals surface area contributed by atoms with Crippen molar-refractivity contribution >= 4 is 19.7 Å². The number of halogens is 1. The second kappa shape index (κ2) is 5.14. The molecule has 0 rings (SSSR count). The molecule has 0 fully saturated rings. The Morgan fingerprint density at radius 2 is 1.36 bits per heavy atom. The fraction of sp³-hybridized carbons (Fsp3) is 1.00. The molecule has 0 atom stereocenters. The maximum atomic E-state index is 5.87. The van der Waals surface area contributed by atoms with Gasteiger partial charge in [-0.15, -0.1) is 0 Å². The van der Waals surface area contributed by atoms with E-state index < -0.39 is 0 Å². The van der Waals surface area contributed by atoms with E-state index in [9.17, 15) is 0 Å². The van der Waals surface area contributed by atoms with E-state index in [0.29, 0.717) is 10.3 Å². The number of rotatable bonds is 3. The van der Waals surface area contributed by atoms with Gasteiger partial charge in [-0.1, -0.05) is 49.5 Å². The van der Waals surface area contributed by atoms with Crippen LogP contribution in [0.5, 0.6) is 0 Å². The molecule has 86 valence electrons. The summed E-state index contributed by atoms with van der Waals surface area (Å²) in [5.41, 5.74) is 0. The summed E-state index contributed by atoms with van der Waals surface area (Å²) in [6, 6.07) is 0. The molecule has 0 amide bonds. The molecular weight excluding hydrogens is 213 g/mol. The summed E-state index contributed by atoms with van der Waals surface area (Å²) >= 11 is 5.87. The van der Waals surface area contributed by atoms with Crippen LogP contribution < -0.4 is 0 Å². The van der Waals surface area contributed by atoms with Gasteiger partial charge in [0.15, 0.2) is 0 Å². The minimum atomic E-state index is -0.00137. The summed E-state index contributed by atoms with van der Waals surface area (Å²) in [6.07, 6.45) is 1.22. The highest BCUT2D eigenvalue weighted by Gasteiger charge is 2.33. The van der Waals surface area contributed by atoms with Crippen LogP contribution in [-0.4, -0.2) is 34.5 Å². The summed E-state index contributed by atoms with van der Waals surface area (Å²) in [4.78, 5) is 0. The van der Waals surface area contributed by atoms with Crippen LogP contribution in [0.1, 0.15) is 41.5 Å².